The molecule has 0 bridgehead atoms. The number of aryl methyl sites for hydroxylation is 1. The number of benzene rings is 3. The van der Waals surface area contributed by atoms with Gasteiger partial charge in [0.15, 0.2) is 6.10 Å². The Kier molecular flexibility index (Phi) is 7.56. The summed E-state index contributed by atoms with van der Waals surface area (Å²) < 4.78 is 11.9. The second-order valence-electron chi connectivity index (χ2n) is 6.77. The van der Waals surface area contributed by atoms with Crippen LogP contribution in [0.3, 0.4) is 0 Å². The Hall–Kier alpha value is -3.45. The molecule has 1 amide bonds. The predicted molar refractivity (Wildman–Crippen MR) is 123 cm³/mol. The van der Waals surface area contributed by atoms with E-state index in [0.29, 0.717) is 17.1 Å². The Labute approximate surface area is 189 Å². The van der Waals surface area contributed by atoms with Gasteiger partial charge in [0.2, 0.25) is 0 Å². The number of hydrazone groups is 1. The van der Waals surface area contributed by atoms with Gasteiger partial charge in [-0.15, -0.1) is 0 Å². The first-order chi connectivity index (χ1) is 14.9. The maximum Gasteiger partial charge on any atom is 0.343 e. The first-order valence-corrected chi connectivity index (χ1v) is 10.3. The number of carbonyl (C=O) groups is 2. The van der Waals surface area contributed by atoms with Crippen LogP contribution in [-0.2, 0) is 4.79 Å². The number of hydrogen-bond donors (Lipinski definition) is 1. The van der Waals surface area contributed by atoms with E-state index in [9.17, 15) is 9.59 Å². The second-order valence-corrected chi connectivity index (χ2v) is 7.69. The molecule has 0 aliphatic rings. The monoisotopic (exact) mass is 480 g/mol. The van der Waals surface area contributed by atoms with Gasteiger partial charge in [0.05, 0.1) is 11.8 Å². The van der Waals surface area contributed by atoms with E-state index >= 15 is 0 Å². The minimum atomic E-state index is -0.707. The average Bonchev–Trinajstić information content (AvgIpc) is 2.77. The Morgan fingerprint density at radius 2 is 1.55 bits per heavy atom. The Morgan fingerprint density at radius 1 is 0.935 bits per heavy atom. The highest BCUT2D eigenvalue weighted by Gasteiger charge is 2.13. The molecular formula is C24H21BrN2O4. The van der Waals surface area contributed by atoms with E-state index in [1.165, 1.54) is 6.21 Å². The highest BCUT2D eigenvalue weighted by atomic mass is 79.9. The lowest BCUT2D eigenvalue weighted by molar-refractivity contribution is -0.127. The van der Waals surface area contributed by atoms with Crippen LogP contribution in [0.15, 0.2) is 82.4 Å². The molecule has 1 atom stereocenters. The number of carbonyl (C=O) groups excluding carboxylic acids is 2. The molecule has 3 aromatic rings. The van der Waals surface area contributed by atoms with Crippen molar-refractivity contribution in [2.45, 2.75) is 20.0 Å². The molecule has 0 aliphatic carbocycles. The van der Waals surface area contributed by atoms with Crippen molar-refractivity contribution in [3.63, 3.8) is 0 Å². The maximum atomic E-state index is 12.2. The van der Waals surface area contributed by atoms with Gasteiger partial charge in [-0.2, -0.15) is 5.10 Å². The van der Waals surface area contributed by atoms with Gasteiger partial charge in [0.1, 0.15) is 11.5 Å². The van der Waals surface area contributed by atoms with Crippen LogP contribution in [0, 0.1) is 6.92 Å². The normalized spacial score (nSPS) is 11.7. The molecule has 7 heteroatoms. The van der Waals surface area contributed by atoms with Gasteiger partial charge in [-0.3, -0.25) is 4.79 Å². The number of hydrogen-bond acceptors (Lipinski definition) is 5. The molecule has 0 radical (unpaired) electrons. The summed E-state index contributed by atoms with van der Waals surface area (Å²) >= 11 is 3.35. The Balaban J connectivity index is 1.49. The molecule has 3 rings (SSSR count). The van der Waals surface area contributed by atoms with Gasteiger partial charge < -0.3 is 9.47 Å². The summed E-state index contributed by atoms with van der Waals surface area (Å²) in [5.74, 6) is 0.213. The standard InChI is InChI=1S/C24H21BrN2O4/c1-16-3-7-19(8-4-16)24(29)31-22-11-5-18(6-12-22)15-26-27-23(28)17(2)30-21-13-9-20(25)10-14-21/h3-15,17H,1-2H3,(H,27,28)/b26-15-/t17-/m0/s1. The predicted octanol–water partition coefficient (Wildman–Crippen LogP) is 4.89. The molecule has 3 aromatic carbocycles. The number of rotatable bonds is 7. The van der Waals surface area contributed by atoms with E-state index in [4.69, 9.17) is 9.47 Å². The molecule has 31 heavy (non-hydrogen) atoms. The average molecular weight is 481 g/mol. The van der Waals surface area contributed by atoms with E-state index in [1.54, 1.807) is 55.5 Å². The second kappa shape index (κ2) is 10.5. The summed E-state index contributed by atoms with van der Waals surface area (Å²) in [6.07, 6.45) is 0.789. The molecule has 0 aliphatic heterocycles. The van der Waals surface area contributed by atoms with Crippen LogP contribution in [0.25, 0.3) is 0 Å². The van der Waals surface area contributed by atoms with Gasteiger partial charge in [-0.25, -0.2) is 10.2 Å². The summed E-state index contributed by atoms with van der Waals surface area (Å²) in [5, 5.41) is 3.94. The number of amides is 1. The fourth-order valence-electron chi connectivity index (χ4n) is 2.51. The molecular weight excluding hydrogens is 460 g/mol. The summed E-state index contributed by atoms with van der Waals surface area (Å²) in [5.41, 5.74) is 4.74. The van der Waals surface area contributed by atoms with E-state index in [2.05, 4.69) is 26.5 Å². The van der Waals surface area contributed by atoms with Crippen molar-refractivity contribution < 1.29 is 19.1 Å². The van der Waals surface area contributed by atoms with Crippen LogP contribution in [-0.4, -0.2) is 24.2 Å². The van der Waals surface area contributed by atoms with Crippen LogP contribution < -0.4 is 14.9 Å². The Morgan fingerprint density at radius 3 is 2.19 bits per heavy atom. The fraction of sp³-hybridized carbons (Fsp3) is 0.125. The summed E-state index contributed by atoms with van der Waals surface area (Å²) in [6, 6.07) is 21.2. The van der Waals surface area contributed by atoms with Crippen molar-refractivity contribution in [2.75, 3.05) is 0 Å². The van der Waals surface area contributed by atoms with E-state index in [-0.39, 0.29) is 5.91 Å². The summed E-state index contributed by atoms with van der Waals surface area (Å²) in [6.45, 7) is 3.60. The molecule has 0 unspecified atom stereocenters. The van der Waals surface area contributed by atoms with E-state index in [0.717, 1.165) is 15.6 Å². The molecule has 1 N–H and O–H groups in total. The van der Waals surface area contributed by atoms with Crippen molar-refractivity contribution >= 4 is 34.0 Å². The highest BCUT2D eigenvalue weighted by molar-refractivity contribution is 9.10. The quantitative estimate of drug-likeness (QED) is 0.226. The third kappa shape index (κ3) is 6.79. The minimum absolute atomic E-state index is 0.372. The van der Waals surface area contributed by atoms with E-state index in [1.807, 2.05) is 31.2 Å². The van der Waals surface area contributed by atoms with Crippen molar-refractivity contribution in [1.82, 2.24) is 5.43 Å². The summed E-state index contributed by atoms with van der Waals surface area (Å²) in [7, 11) is 0. The van der Waals surface area contributed by atoms with Crippen molar-refractivity contribution in [3.05, 3.63) is 94.0 Å². The van der Waals surface area contributed by atoms with Crippen molar-refractivity contribution in [1.29, 1.82) is 0 Å². The molecule has 0 spiro atoms. The number of nitrogens with one attached hydrogen (secondary N) is 1. The Bertz CT molecular complexity index is 1060. The molecule has 6 nitrogen and oxygen atoms in total. The zero-order valence-electron chi connectivity index (χ0n) is 17.0. The third-order valence-corrected chi connectivity index (χ3v) is 4.79. The van der Waals surface area contributed by atoms with Crippen LogP contribution in [0.5, 0.6) is 11.5 Å². The minimum Gasteiger partial charge on any atom is -0.481 e. The van der Waals surface area contributed by atoms with Crippen LogP contribution in [0.2, 0.25) is 0 Å². The lowest BCUT2D eigenvalue weighted by atomic mass is 10.1. The first kappa shape index (κ1) is 22.2. The van der Waals surface area contributed by atoms with Crippen LogP contribution in [0.1, 0.15) is 28.4 Å². The van der Waals surface area contributed by atoms with Crippen LogP contribution in [0.4, 0.5) is 0 Å². The van der Waals surface area contributed by atoms with Crippen molar-refractivity contribution in [3.8, 4) is 11.5 Å². The zero-order valence-corrected chi connectivity index (χ0v) is 18.6. The number of ether oxygens (including phenoxy) is 2. The highest BCUT2D eigenvalue weighted by Crippen LogP contribution is 2.17. The molecule has 0 fully saturated rings. The number of halogens is 1. The zero-order chi connectivity index (χ0) is 22.2. The molecule has 0 heterocycles. The third-order valence-electron chi connectivity index (χ3n) is 4.26. The lowest BCUT2D eigenvalue weighted by Crippen LogP contribution is -2.33. The first-order valence-electron chi connectivity index (χ1n) is 9.55. The molecule has 158 valence electrons. The van der Waals surface area contributed by atoms with Crippen LogP contribution >= 0.6 is 15.9 Å². The molecule has 0 saturated carbocycles. The SMILES string of the molecule is Cc1ccc(C(=O)Oc2ccc(/C=N\NC(=O)[C@H](C)Oc3ccc(Br)cc3)cc2)cc1. The number of nitrogens with zero attached hydrogens (tertiary/aromatic N) is 1. The van der Waals surface area contributed by atoms with Gasteiger partial charge in [-0.1, -0.05) is 33.6 Å². The largest absolute Gasteiger partial charge is 0.481 e. The maximum absolute atomic E-state index is 12.2. The molecule has 0 saturated heterocycles. The molecule has 0 aromatic heterocycles. The van der Waals surface area contributed by atoms with Gasteiger partial charge >= 0.3 is 5.97 Å². The van der Waals surface area contributed by atoms with Gasteiger partial charge in [0.25, 0.3) is 5.91 Å². The fourth-order valence-corrected chi connectivity index (χ4v) is 2.77. The summed E-state index contributed by atoms with van der Waals surface area (Å²) in [4.78, 5) is 24.3. The van der Waals surface area contributed by atoms with E-state index < -0.39 is 12.1 Å². The lowest BCUT2D eigenvalue weighted by Gasteiger charge is -2.12. The van der Waals surface area contributed by atoms with Crippen molar-refractivity contribution in [2.24, 2.45) is 5.10 Å². The van der Waals surface area contributed by atoms with Gasteiger partial charge in [0, 0.05) is 4.47 Å². The smallest absolute Gasteiger partial charge is 0.343 e. The van der Waals surface area contributed by atoms with Gasteiger partial charge in [-0.05, 0) is 80.1 Å². The number of esters is 1. The topological polar surface area (TPSA) is 77.0 Å².